The molecule has 0 rings (SSSR count). The number of rotatable bonds is 13. The first-order valence-electron chi connectivity index (χ1n) is 7.73. The summed E-state index contributed by atoms with van der Waals surface area (Å²) < 4.78 is 0. The highest BCUT2D eigenvalue weighted by molar-refractivity contribution is 5.66. The van der Waals surface area contributed by atoms with Crippen LogP contribution in [-0.4, -0.2) is 22.3 Å². The van der Waals surface area contributed by atoms with Crippen molar-refractivity contribution in [2.24, 2.45) is 0 Å². The lowest BCUT2D eigenvalue weighted by molar-refractivity contribution is -0.137. The zero-order valence-electron chi connectivity index (χ0n) is 12.3. The molecule has 0 aliphatic carbocycles. The highest BCUT2D eigenvalue weighted by Crippen LogP contribution is 2.10. The summed E-state index contributed by atoms with van der Waals surface area (Å²) in [5.41, 5.74) is 0. The van der Waals surface area contributed by atoms with Crippen molar-refractivity contribution in [3.8, 4) is 0 Å². The fourth-order valence-electron chi connectivity index (χ4n) is 2.02. The normalized spacial score (nSPS) is 12.9. The average molecular weight is 270 g/mol. The minimum absolute atomic E-state index is 0.281. The van der Waals surface area contributed by atoms with E-state index in [9.17, 15) is 9.90 Å². The van der Waals surface area contributed by atoms with E-state index in [-0.39, 0.29) is 12.5 Å². The standard InChI is InChI=1S/C16H30O3/c1-2-3-4-6-9-12-15(17)13-10-7-5-8-11-14-16(18)19/h9,12,15,17H,2-8,10-11,13-14H2,1H3,(H,18,19). The van der Waals surface area contributed by atoms with Gasteiger partial charge in [-0.3, -0.25) is 4.79 Å². The molecule has 3 nitrogen and oxygen atoms in total. The SMILES string of the molecule is CCCCCC=CC(O)CCCCCCCC(=O)O. The molecule has 0 aliphatic rings. The van der Waals surface area contributed by atoms with Gasteiger partial charge in [0, 0.05) is 6.42 Å². The molecular weight excluding hydrogens is 240 g/mol. The second-order valence-electron chi connectivity index (χ2n) is 5.19. The van der Waals surface area contributed by atoms with E-state index in [1.54, 1.807) is 0 Å². The van der Waals surface area contributed by atoms with Gasteiger partial charge in [0.25, 0.3) is 0 Å². The summed E-state index contributed by atoms with van der Waals surface area (Å²) in [6.45, 7) is 2.19. The van der Waals surface area contributed by atoms with Gasteiger partial charge in [0.1, 0.15) is 0 Å². The fourth-order valence-corrected chi connectivity index (χ4v) is 2.02. The van der Waals surface area contributed by atoms with Crippen molar-refractivity contribution in [3.05, 3.63) is 12.2 Å². The Balaban J connectivity index is 3.28. The molecule has 0 bridgehead atoms. The van der Waals surface area contributed by atoms with Gasteiger partial charge < -0.3 is 10.2 Å². The van der Waals surface area contributed by atoms with E-state index in [2.05, 4.69) is 13.0 Å². The van der Waals surface area contributed by atoms with Gasteiger partial charge in [-0.25, -0.2) is 0 Å². The number of hydrogen-bond donors (Lipinski definition) is 2. The van der Waals surface area contributed by atoms with Crippen molar-refractivity contribution < 1.29 is 15.0 Å². The second-order valence-corrected chi connectivity index (χ2v) is 5.19. The molecule has 3 heteroatoms. The Bertz CT molecular complexity index is 236. The van der Waals surface area contributed by atoms with Gasteiger partial charge >= 0.3 is 5.97 Å². The molecule has 0 saturated carbocycles. The quantitative estimate of drug-likeness (QED) is 0.387. The minimum atomic E-state index is -0.705. The summed E-state index contributed by atoms with van der Waals surface area (Å²) in [6, 6.07) is 0. The van der Waals surface area contributed by atoms with Crippen molar-refractivity contribution in [1.82, 2.24) is 0 Å². The number of aliphatic hydroxyl groups is 1. The lowest BCUT2D eigenvalue weighted by Crippen LogP contribution is -2.01. The Hall–Kier alpha value is -0.830. The second kappa shape index (κ2) is 13.6. The molecule has 0 amide bonds. The van der Waals surface area contributed by atoms with Crippen molar-refractivity contribution in [3.63, 3.8) is 0 Å². The molecule has 112 valence electrons. The predicted molar refractivity (Wildman–Crippen MR) is 79.2 cm³/mol. The third-order valence-corrected chi connectivity index (χ3v) is 3.22. The molecule has 0 saturated heterocycles. The van der Waals surface area contributed by atoms with Crippen LogP contribution in [-0.2, 0) is 4.79 Å². The Morgan fingerprint density at radius 2 is 1.74 bits per heavy atom. The van der Waals surface area contributed by atoms with Crippen LogP contribution in [0.3, 0.4) is 0 Å². The molecular formula is C16H30O3. The summed E-state index contributed by atoms with van der Waals surface area (Å²) in [6.07, 6.45) is 14.5. The van der Waals surface area contributed by atoms with Gasteiger partial charge in [-0.1, -0.05) is 57.6 Å². The van der Waals surface area contributed by atoms with Crippen LogP contribution in [0.2, 0.25) is 0 Å². The fraction of sp³-hybridized carbons (Fsp3) is 0.812. The Labute approximate surface area is 117 Å². The lowest BCUT2D eigenvalue weighted by atomic mass is 10.1. The Morgan fingerprint density at radius 3 is 2.42 bits per heavy atom. The zero-order chi connectivity index (χ0) is 14.3. The number of allylic oxidation sites excluding steroid dienone is 1. The Morgan fingerprint density at radius 1 is 1.05 bits per heavy atom. The third kappa shape index (κ3) is 15.1. The van der Waals surface area contributed by atoms with E-state index < -0.39 is 5.97 Å². The average Bonchev–Trinajstić information content (AvgIpc) is 2.37. The molecule has 0 aromatic rings. The number of carboxylic acids is 1. The molecule has 0 radical (unpaired) electrons. The van der Waals surface area contributed by atoms with E-state index in [1.165, 1.54) is 19.3 Å². The number of aliphatic carboxylic acids is 1. The molecule has 0 heterocycles. The van der Waals surface area contributed by atoms with Crippen LogP contribution in [0.4, 0.5) is 0 Å². The summed E-state index contributed by atoms with van der Waals surface area (Å²) in [4.78, 5) is 10.3. The molecule has 0 fully saturated rings. The molecule has 1 atom stereocenters. The van der Waals surface area contributed by atoms with Gasteiger partial charge in [0.15, 0.2) is 0 Å². The van der Waals surface area contributed by atoms with Crippen LogP contribution in [0.25, 0.3) is 0 Å². The van der Waals surface area contributed by atoms with E-state index in [4.69, 9.17) is 5.11 Å². The predicted octanol–water partition coefficient (Wildman–Crippen LogP) is 4.30. The van der Waals surface area contributed by atoms with Crippen molar-refractivity contribution in [1.29, 1.82) is 0 Å². The first-order chi connectivity index (χ1) is 9.16. The first-order valence-corrected chi connectivity index (χ1v) is 7.73. The van der Waals surface area contributed by atoms with Gasteiger partial charge in [0.2, 0.25) is 0 Å². The van der Waals surface area contributed by atoms with Crippen LogP contribution < -0.4 is 0 Å². The molecule has 1 unspecified atom stereocenters. The molecule has 0 aromatic carbocycles. The third-order valence-electron chi connectivity index (χ3n) is 3.22. The number of aliphatic hydroxyl groups excluding tert-OH is 1. The lowest BCUT2D eigenvalue weighted by Gasteiger charge is -2.05. The van der Waals surface area contributed by atoms with E-state index in [0.717, 1.165) is 44.9 Å². The summed E-state index contributed by atoms with van der Waals surface area (Å²) in [5, 5.41) is 18.2. The summed E-state index contributed by atoms with van der Waals surface area (Å²) in [7, 11) is 0. The van der Waals surface area contributed by atoms with E-state index in [0.29, 0.717) is 0 Å². The minimum Gasteiger partial charge on any atom is -0.481 e. The first kappa shape index (κ1) is 18.2. The number of hydrogen-bond acceptors (Lipinski definition) is 2. The summed E-state index contributed by atoms with van der Waals surface area (Å²) in [5.74, 6) is -0.705. The van der Waals surface area contributed by atoms with Crippen LogP contribution in [0.5, 0.6) is 0 Å². The van der Waals surface area contributed by atoms with Crippen LogP contribution in [0, 0.1) is 0 Å². The van der Waals surface area contributed by atoms with E-state index >= 15 is 0 Å². The molecule has 0 aliphatic heterocycles. The topological polar surface area (TPSA) is 57.5 Å². The van der Waals surface area contributed by atoms with Gasteiger partial charge in [-0.15, -0.1) is 0 Å². The maximum Gasteiger partial charge on any atom is 0.303 e. The maximum absolute atomic E-state index is 10.3. The molecule has 2 N–H and O–H groups in total. The highest BCUT2D eigenvalue weighted by Gasteiger charge is 2.00. The highest BCUT2D eigenvalue weighted by atomic mass is 16.4. The van der Waals surface area contributed by atoms with Gasteiger partial charge in [-0.2, -0.15) is 0 Å². The number of unbranched alkanes of at least 4 members (excludes halogenated alkanes) is 7. The Kier molecular flexibility index (Phi) is 13.0. The molecule has 0 aromatic heterocycles. The monoisotopic (exact) mass is 270 g/mol. The molecule has 0 spiro atoms. The number of carboxylic acid groups (broad SMARTS) is 1. The number of carbonyl (C=O) groups is 1. The molecule has 19 heavy (non-hydrogen) atoms. The summed E-state index contributed by atoms with van der Waals surface area (Å²) >= 11 is 0. The van der Waals surface area contributed by atoms with Gasteiger partial charge in [-0.05, 0) is 25.7 Å². The van der Waals surface area contributed by atoms with Crippen molar-refractivity contribution in [2.45, 2.75) is 83.7 Å². The van der Waals surface area contributed by atoms with Crippen molar-refractivity contribution >= 4 is 5.97 Å². The smallest absolute Gasteiger partial charge is 0.303 e. The van der Waals surface area contributed by atoms with Crippen molar-refractivity contribution in [2.75, 3.05) is 0 Å². The van der Waals surface area contributed by atoms with Gasteiger partial charge in [0.05, 0.1) is 6.10 Å². The maximum atomic E-state index is 10.3. The van der Waals surface area contributed by atoms with Crippen LogP contribution in [0.15, 0.2) is 12.2 Å². The zero-order valence-corrected chi connectivity index (χ0v) is 12.3. The largest absolute Gasteiger partial charge is 0.481 e. The van der Waals surface area contributed by atoms with E-state index in [1.807, 2.05) is 6.08 Å². The van der Waals surface area contributed by atoms with Crippen LogP contribution in [0.1, 0.15) is 77.6 Å². The van der Waals surface area contributed by atoms with Crippen LogP contribution >= 0.6 is 0 Å².